The van der Waals surface area contributed by atoms with Gasteiger partial charge in [-0.2, -0.15) is 0 Å². The number of benzene rings is 2. The van der Waals surface area contributed by atoms with Crippen LogP contribution in [0.25, 0.3) is 11.1 Å². The third kappa shape index (κ3) is 3.63. The van der Waals surface area contributed by atoms with Gasteiger partial charge in [-0.25, -0.2) is 0 Å². The van der Waals surface area contributed by atoms with Crippen LogP contribution in [-0.4, -0.2) is 11.6 Å². The summed E-state index contributed by atoms with van der Waals surface area (Å²) in [7, 11) is 0. The average molecular weight is 320 g/mol. The van der Waals surface area contributed by atoms with Crippen LogP contribution in [0.5, 0.6) is 0 Å². The Hall–Kier alpha value is -2.52. The topological polar surface area (TPSA) is 34.1 Å². The summed E-state index contributed by atoms with van der Waals surface area (Å²) in [5.74, 6) is -0.261. The summed E-state index contributed by atoms with van der Waals surface area (Å²) < 4.78 is 0. The van der Waals surface area contributed by atoms with Crippen LogP contribution in [0.1, 0.15) is 32.0 Å². The molecule has 0 spiro atoms. The second-order valence-electron chi connectivity index (χ2n) is 5.45. The molecule has 0 atom stereocenters. The van der Waals surface area contributed by atoms with E-state index in [1.165, 1.54) is 16.9 Å². The lowest BCUT2D eigenvalue weighted by molar-refractivity contribution is 0.0896. The minimum Gasteiger partial charge on any atom is -0.294 e. The van der Waals surface area contributed by atoms with Gasteiger partial charge in [-0.1, -0.05) is 60.2 Å². The zero-order valence-corrected chi connectivity index (χ0v) is 13.6. The zero-order chi connectivity index (χ0) is 16.2. The molecular weight excluding hydrogens is 304 g/mol. The molecule has 0 aliphatic rings. The van der Waals surface area contributed by atoms with Crippen LogP contribution in [-0.2, 0) is 0 Å². The van der Waals surface area contributed by atoms with Crippen molar-refractivity contribution in [2.24, 2.45) is 0 Å². The van der Waals surface area contributed by atoms with Gasteiger partial charge in [0.1, 0.15) is 0 Å². The highest BCUT2D eigenvalue weighted by atomic mass is 32.1. The Morgan fingerprint density at radius 3 is 2.26 bits per heavy atom. The van der Waals surface area contributed by atoms with Crippen molar-refractivity contribution in [3.63, 3.8) is 0 Å². The summed E-state index contributed by atoms with van der Waals surface area (Å²) >= 11 is 1.39. The Labute approximate surface area is 139 Å². The Kier molecular flexibility index (Phi) is 4.49. The van der Waals surface area contributed by atoms with Crippen LogP contribution in [0.2, 0.25) is 0 Å². The number of Topliss-reactive ketones (excluding diaryl/α,β-unsaturated/α-hetero) is 2. The van der Waals surface area contributed by atoms with E-state index in [2.05, 4.69) is 0 Å². The van der Waals surface area contributed by atoms with Crippen LogP contribution in [0, 0.1) is 6.92 Å². The molecular formula is C20H16O2S. The number of thiophene rings is 1. The maximum Gasteiger partial charge on any atom is 0.180 e. The van der Waals surface area contributed by atoms with E-state index in [0.717, 1.165) is 11.1 Å². The second-order valence-corrected chi connectivity index (χ2v) is 6.37. The fourth-order valence-corrected chi connectivity index (χ4v) is 3.20. The third-order valence-electron chi connectivity index (χ3n) is 3.68. The molecule has 23 heavy (non-hydrogen) atoms. The van der Waals surface area contributed by atoms with E-state index in [0.29, 0.717) is 10.4 Å². The van der Waals surface area contributed by atoms with Crippen molar-refractivity contribution in [3.8, 4) is 11.1 Å². The molecule has 114 valence electrons. The second kappa shape index (κ2) is 6.71. The van der Waals surface area contributed by atoms with Gasteiger partial charge in [0.2, 0.25) is 0 Å². The van der Waals surface area contributed by atoms with Gasteiger partial charge < -0.3 is 0 Å². The average Bonchev–Trinajstić information content (AvgIpc) is 3.06. The minimum atomic E-state index is -0.138. The molecule has 0 radical (unpaired) electrons. The summed E-state index contributed by atoms with van der Waals surface area (Å²) in [5.41, 5.74) is 3.88. The van der Waals surface area contributed by atoms with Gasteiger partial charge in [0.25, 0.3) is 0 Å². The first kappa shape index (κ1) is 15.4. The van der Waals surface area contributed by atoms with E-state index in [-0.39, 0.29) is 18.0 Å². The first-order valence-corrected chi connectivity index (χ1v) is 8.28. The fraction of sp³-hybridized carbons (Fsp3) is 0.100. The van der Waals surface area contributed by atoms with Crippen molar-refractivity contribution < 1.29 is 9.59 Å². The van der Waals surface area contributed by atoms with Gasteiger partial charge in [0.05, 0.1) is 11.3 Å². The Morgan fingerprint density at radius 2 is 1.57 bits per heavy atom. The largest absolute Gasteiger partial charge is 0.294 e. The Morgan fingerprint density at radius 1 is 0.870 bits per heavy atom. The number of hydrogen-bond acceptors (Lipinski definition) is 3. The van der Waals surface area contributed by atoms with Crippen molar-refractivity contribution in [1.29, 1.82) is 0 Å². The smallest absolute Gasteiger partial charge is 0.180 e. The molecule has 1 heterocycles. The predicted octanol–water partition coefficient (Wildman–Crippen LogP) is 5.18. The van der Waals surface area contributed by atoms with Gasteiger partial charge in [-0.3, -0.25) is 9.59 Å². The summed E-state index contributed by atoms with van der Waals surface area (Å²) in [6.07, 6.45) is -0.0855. The molecule has 1 aromatic heterocycles. The zero-order valence-electron chi connectivity index (χ0n) is 12.8. The molecule has 0 aliphatic carbocycles. The Bertz CT molecular complexity index is 830. The monoisotopic (exact) mass is 320 g/mol. The first-order valence-electron chi connectivity index (χ1n) is 7.40. The summed E-state index contributed by atoms with van der Waals surface area (Å²) in [6.45, 7) is 2.04. The van der Waals surface area contributed by atoms with Gasteiger partial charge >= 0.3 is 0 Å². The Balaban J connectivity index is 1.74. The van der Waals surface area contributed by atoms with Gasteiger partial charge in [0, 0.05) is 5.56 Å². The van der Waals surface area contributed by atoms with Crippen molar-refractivity contribution in [1.82, 2.24) is 0 Å². The van der Waals surface area contributed by atoms with Crippen molar-refractivity contribution in [3.05, 3.63) is 82.0 Å². The summed E-state index contributed by atoms with van der Waals surface area (Å²) in [6, 6.07) is 19.0. The van der Waals surface area contributed by atoms with Crippen molar-refractivity contribution >= 4 is 22.9 Å². The van der Waals surface area contributed by atoms with Gasteiger partial charge in [-0.15, -0.1) is 11.3 Å². The van der Waals surface area contributed by atoms with E-state index >= 15 is 0 Å². The third-order valence-corrected chi connectivity index (χ3v) is 4.65. The van der Waals surface area contributed by atoms with Crippen LogP contribution in [0.15, 0.2) is 66.0 Å². The van der Waals surface area contributed by atoms with Crippen LogP contribution in [0.4, 0.5) is 0 Å². The molecule has 0 amide bonds. The number of carbonyl (C=O) groups is 2. The first-order chi connectivity index (χ1) is 11.1. The highest BCUT2D eigenvalue weighted by molar-refractivity contribution is 7.12. The van der Waals surface area contributed by atoms with Crippen LogP contribution >= 0.6 is 11.3 Å². The van der Waals surface area contributed by atoms with Crippen LogP contribution < -0.4 is 0 Å². The molecule has 0 N–H and O–H groups in total. The number of hydrogen-bond donors (Lipinski definition) is 0. The lowest BCUT2D eigenvalue weighted by atomic mass is 10.0. The highest BCUT2D eigenvalue weighted by Crippen LogP contribution is 2.27. The van der Waals surface area contributed by atoms with Gasteiger partial charge in [-0.05, 0) is 29.5 Å². The highest BCUT2D eigenvalue weighted by Gasteiger charge is 2.15. The fourth-order valence-electron chi connectivity index (χ4n) is 2.34. The van der Waals surface area contributed by atoms with Gasteiger partial charge in [0.15, 0.2) is 11.6 Å². The maximum atomic E-state index is 12.3. The maximum absolute atomic E-state index is 12.3. The minimum absolute atomic E-state index is 0.0855. The molecule has 0 aliphatic heterocycles. The lowest BCUT2D eigenvalue weighted by Gasteiger charge is -1.99. The molecule has 2 aromatic carbocycles. The van der Waals surface area contributed by atoms with E-state index in [9.17, 15) is 9.59 Å². The SMILES string of the molecule is Cc1ccc(-c2csc(C(=O)CC(=O)c3ccccc3)c2)cc1. The number of aryl methyl sites for hydroxylation is 1. The number of ketones is 2. The standard InChI is InChI=1S/C20H16O2S/c1-14-7-9-15(10-8-14)17-11-20(23-13-17)19(22)12-18(21)16-5-3-2-4-6-16/h2-11,13H,12H2,1H3. The predicted molar refractivity (Wildman–Crippen MR) is 94.2 cm³/mol. The quantitative estimate of drug-likeness (QED) is 0.479. The molecule has 0 unspecified atom stereocenters. The summed E-state index contributed by atoms with van der Waals surface area (Å²) in [4.78, 5) is 25.1. The normalized spacial score (nSPS) is 10.5. The lowest BCUT2D eigenvalue weighted by Crippen LogP contribution is -2.07. The van der Waals surface area contributed by atoms with Crippen molar-refractivity contribution in [2.45, 2.75) is 13.3 Å². The van der Waals surface area contributed by atoms with E-state index in [4.69, 9.17) is 0 Å². The molecule has 3 heteroatoms. The molecule has 0 saturated heterocycles. The molecule has 2 nitrogen and oxygen atoms in total. The number of carbonyl (C=O) groups excluding carboxylic acids is 2. The van der Waals surface area contributed by atoms with Crippen LogP contribution in [0.3, 0.4) is 0 Å². The van der Waals surface area contributed by atoms with Crippen molar-refractivity contribution in [2.75, 3.05) is 0 Å². The molecule has 0 saturated carbocycles. The van der Waals surface area contributed by atoms with E-state index < -0.39 is 0 Å². The number of rotatable bonds is 5. The molecule has 3 aromatic rings. The summed E-state index contributed by atoms with van der Waals surface area (Å²) in [5, 5.41) is 1.96. The van der Waals surface area contributed by atoms with E-state index in [1.807, 2.05) is 48.7 Å². The molecule has 3 rings (SSSR count). The molecule has 0 fully saturated rings. The molecule has 0 bridgehead atoms. The van der Waals surface area contributed by atoms with E-state index in [1.54, 1.807) is 24.3 Å².